The highest BCUT2D eigenvalue weighted by molar-refractivity contribution is 7.88. The lowest BCUT2D eigenvalue weighted by atomic mass is 10.2. The third-order valence-corrected chi connectivity index (χ3v) is 3.72. The molecule has 8 heteroatoms. The van der Waals surface area contributed by atoms with Crippen LogP contribution in [-0.2, 0) is 16.6 Å². The molecule has 0 amide bonds. The lowest BCUT2D eigenvalue weighted by molar-refractivity contribution is 0.476. The number of aliphatic imine (C=N–C) groups is 1. The molecule has 0 saturated heterocycles. The zero-order chi connectivity index (χ0) is 17.3. The van der Waals surface area contributed by atoms with Crippen LogP contribution in [0.15, 0.2) is 29.3 Å². The average molecular weight is 344 g/mol. The van der Waals surface area contributed by atoms with Crippen molar-refractivity contribution >= 4 is 16.0 Å². The second-order valence-corrected chi connectivity index (χ2v) is 7.07. The van der Waals surface area contributed by atoms with E-state index in [4.69, 9.17) is 0 Å². The first kappa shape index (κ1) is 19.4. The van der Waals surface area contributed by atoms with Gasteiger partial charge in [-0.3, -0.25) is 4.99 Å². The van der Waals surface area contributed by atoms with Gasteiger partial charge in [0.25, 0.3) is 0 Å². The number of rotatable bonds is 8. The fraction of sp³-hybridized carbons (Fsp3) is 0.533. The summed E-state index contributed by atoms with van der Waals surface area (Å²) < 4.78 is 37.3. The molecular formula is C15H25FN4O2S. The van der Waals surface area contributed by atoms with Crippen LogP contribution >= 0.6 is 0 Å². The molecule has 0 radical (unpaired) electrons. The van der Waals surface area contributed by atoms with Crippen LogP contribution in [0.3, 0.4) is 0 Å². The van der Waals surface area contributed by atoms with Gasteiger partial charge in [-0.05, 0) is 31.0 Å². The number of nitrogens with zero attached hydrogens (tertiary/aromatic N) is 2. The Kier molecular flexibility index (Phi) is 7.97. The third-order valence-electron chi connectivity index (χ3n) is 2.99. The number of guanidine groups is 1. The summed E-state index contributed by atoms with van der Waals surface area (Å²) in [7, 11) is -1.25. The van der Waals surface area contributed by atoms with Crippen molar-refractivity contribution in [3.05, 3.63) is 35.6 Å². The minimum Gasteiger partial charge on any atom is -0.357 e. The Morgan fingerprint density at radius 2 is 1.96 bits per heavy atom. The van der Waals surface area contributed by atoms with E-state index in [0.29, 0.717) is 26.1 Å². The highest BCUT2D eigenvalue weighted by Crippen LogP contribution is 2.05. The normalized spacial score (nSPS) is 12.3. The predicted octanol–water partition coefficient (Wildman–Crippen LogP) is 1.16. The molecule has 0 aliphatic rings. The molecule has 0 fully saturated rings. The monoisotopic (exact) mass is 344 g/mol. The second kappa shape index (κ2) is 9.46. The van der Waals surface area contributed by atoms with Crippen LogP contribution in [-0.4, -0.2) is 52.2 Å². The quantitative estimate of drug-likeness (QED) is 0.422. The van der Waals surface area contributed by atoms with Gasteiger partial charge in [0, 0.05) is 33.2 Å². The van der Waals surface area contributed by atoms with E-state index in [0.717, 1.165) is 24.3 Å². The molecule has 0 aliphatic heterocycles. The summed E-state index contributed by atoms with van der Waals surface area (Å²) in [6, 6.07) is 6.35. The summed E-state index contributed by atoms with van der Waals surface area (Å²) in [4.78, 5) is 6.41. The molecule has 2 N–H and O–H groups in total. The van der Waals surface area contributed by atoms with Crippen molar-refractivity contribution in [3.8, 4) is 0 Å². The van der Waals surface area contributed by atoms with Crippen LogP contribution in [0.25, 0.3) is 0 Å². The van der Waals surface area contributed by atoms with Crippen molar-refractivity contribution in [1.82, 2.24) is 14.9 Å². The number of hydrogen-bond donors (Lipinski definition) is 2. The molecule has 0 aliphatic carbocycles. The summed E-state index contributed by atoms with van der Waals surface area (Å²) in [5.74, 6) is 0.478. The fourth-order valence-corrected chi connectivity index (χ4v) is 2.44. The first-order valence-electron chi connectivity index (χ1n) is 7.50. The molecule has 6 nitrogen and oxygen atoms in total. The van der Waals surface area contributed by atoms with E-state index >= 15 is 0 Å². The molecule has 0 aromatic heterocycles. The SMILES string of the molecule is CCNC(=NCCCNS(C)(=O)=O)N(C)Cc1ccc(F)cc1. The van der Waals surface area contributed by atoms with Gasteiger partial charge in [-0.15, -0.1) is 0 Å². The van der Waals surface area contributed by atoms with Gasteiger partial charge in [-0.25, -0.2) is 17.5 Å². The Morgan fingerprint density at radius 1 is 1.30 bits per heavy atom. The predicted molar refractivity (Wildman–Crippen MR) is 91.3 cm³/mol. The van der Waals surface area contributed by atoms with Gasteiger partial charge in [0.15, 0.2) is 5.96 Å². The van der Waals surface area contributed by atoms with E-state index in [9.17, 15) is 12.8 Å². The van der Waals surface area contributed by atoms with Crippen LogP contribution in [0.2, 0.25) is 0 Å². The molecule has 0 atom stereocenters. The van der Waals surface area contributed by atoms with E-state index in [2.05, 4.69) is 15.0 Å². The number of benzene rings is 1. The van der Waals surface area contributed by atoms with Crippen LogP contribution in [0.5, 0.6) is 0 Å². The Labute approximate surface area is 137 Å². The van der Waals surface area contributed by atoms with Gasteiger partial charge in [-0.2, -0.15) is 0 Å². The minimum atomic E-state index is -3.15. The van der Waals surface area contributed by atoms with Crippen LogP contribution in [0, 0.1) is 5.82 Å². The largest absolute Gasteiger partial charge is 0.357 e. The first-order chi connectivity index (χ1) is 10.8. The molecule has 0 saturated carbocycles. The van der Waals surface area contributed by atoms with Crippen molar-refractivity contribution in [1.29, 1.82) is 0 Å². The summed E-state index contributed by atoms with van der Waals surface area (Å²) in [5.41, 5.74) is 0.984. The third kappa shape index (κ3) is 8.51. The van der Waals surface area contributed by atoms with Crippen LogP contribution in [0.1, 0.15) is 18.9 Å². The average Bonchev–Trinajstić information content (AvgIpc) is 2.47. The highest BCUT2D eigenvalue weighted by Gasteiger charge is 2.06. The molecular weight excluding hydrogens is 319 g/mol. The Hall–Kier alpha value is -1.67. The summed E-state index contributed by atoms with van der Waals surface area (Å²) in [6.45, 7) is 4.19. The van der Waals surface area contributed by atoms with Gasteiger partial charge >= 0.3 is 0 Å². The molecule has 0 spiro atoms. The van der Waals surface area contributed by atoms with Crippen molar-refractivity contribution in [2.45, 2.75) is 19.9 Å². The van der Waals surface area contributed by atoms with Gasteiger partial charge in [-0.1, -0.05) is 12.1 Å². The highest BCUT2D eigenvalue weighted by atomic mass is 32.2. The van der Waals surface area contributed by atoms with Crippen LogP contribution < -0.4 is 10.0 Å². The zero-order valence-electron chi connectivity index (χ0n) is 13.8. The number of hydrogen-bond acceptors (Lipinski definition) is 3. The first-order valence-corrected chi connectivity index (χ1v) is 9.39. The Balaban J connectivity index is 2.54. The standard InChI is InChI=1S/C15H25FN4O2S/c1-4-17-15(18-10-5-11-19-23(3,21)22)20(2)12-13-6-8-14(16)9-7-13/h6-9,19H,4-5,10-12H2,1-3H3,(H,17,18). The zero-order valence-corrected chi connectivity index (χ0v) is 14.7. The van der Waals surface area contributed by atoms with Crippen molar-refractivity contribution in [2.75, 3.05) is 32.9 Å². The lowest BCUT2D eigenvalue weighted by Crippen LogP contribution is -2.38. The van der Waals surface area contributed by atoms with Crippen molar-refractivity contribution in [3.63, 3.8) is 0 Å². The maximum Gasteiger partial charge on any atom is 0.208 e. The lowest BCUT2D eigenvalue weighted by Gasteiger charge is -2.22. The Bertz CT molecular complexity index is 602. The second-order valence-electron chi connectivity index (χ2n) is 5.24. The van der Waals surface area contributed by atoms with Crippen molar-refractivity contribution < 1.29 is 12.8 Å². The van der Waals surface area contributed by atoms with E-state index in [1.807, 2.05) is 18.9 Å². The summed E-state index contributed by atoms with van der Waals surface area (Å²) in [6.07, 6.45) is 1.75. The summed E-state index contributed by atoms with van der Waals surface area (Å²) >= 11 is 0. The molecule has 0 unspecified atom stereocenters. The maximum absolute atomic E-state index is 12.9. The topological polar surface area (TPSA) is 73.8 Å². The van der Waals surface area contributed by atoms with Crippen LogP contribution in [0.4, 0.5) is 4.39 Å². The molecule has 130 valence electrons. The number of nitrogens with one attached hydrogen (secondary N) is 2. The number of sulfonamides is 1. The van der Waals surface area contributed by atoms with E-state index < -0.39 is 10.0 Å². The minimum absolute atomic E-state index is 0.254. The van der Waals surface area contributed by atoms with Gasteiger partial charge < -0.3 is 10.2 Å². The van der Waals surface area contributed by atoms with E-state index in [1.54, 1.807) is 12.1 Å². The van der Waals surface area contributed by atoms with E-state index in [-0.39, 0.29) is 5.82 Å². The molecule has 23 heavy (non-hydrogen) atoms. The number of halogens is 1. The smallest absolute Gasteiger partial charge is 0.208 e. The fourth-order valence-electron chi connectivity index (χ4n) is 1.93. The molecule has 1 aromatic carbocycles. The molecule has 1 aromatic rings. The molecule has 0 bridgehead atoms. The van der Waals surface area contributed by atoms with Gasteiger partial charge in [0.05, 0.1) is 6.26 Å². The maximum atomic E-state index is 12.9. The van der Waals surface area contributed by atoms with Gasteiger partial charge in [0.2, 0.25) is 10.0 Å². The molecule has 1 rings (SSSR count). The summed E-state index contributed by atoms with van der Waals surface area (Å²) in [5, 5.41) is 3.18. The van der Waals surface area contributed by atoms with E-state index in [1.165, 1.54) is 12.1 Å². The Morgan fingerprint density at radius 3 is 2.52 bits per heavy atom. The van der Waals surface area contributed by atoms with Gasteiger partial charge in [0.1, 0.15) is 5.82 Å². The van der Waals surface area contributed by atoms with Crippen molar-refractivity contribution in [2.24, 2.45) is 4.99 Å². The molecule has 0 heterocycles.